The number of aromatic nitrogens is 4. The zero-order valence-corrected chi connectivity index (χ0v) is 32.0. The van der Waals surface area contributed by atoms with Gasteiger partial charge in [0, 0.05) is 84.0 Å². The lowest BCUT2D eigenvalue weighted by molar-refractivity contribution is 0.103. The molecule has 0 spiro atoms. The maximum atomic E-state index is 13.8. The average Bonchev–Trinajstić information content (AvgIpc) is 3.67. The Bertz CT molecular complexity index is 2350. The molecule has 0 amide bonds. The molecule has 6 aromatic rings. The summed E-state index contributed by atoms with van der Waals surface area (Å²) in [5.41, 5.74) is 9.07. The van der Waals surface area contributed by atoms with E-state index in [0.29, 0.717) is 58.5 Å². The lowest BCUT2D eigenvalue weighted by Crippen LogP contribution is -2.31. The van der Waals surface area contributed by atoms with Gasteiger partial charge in [0.05, 0.1) is 47.5 Å². The molecular formula is C43H44N8O4. The predicted octanol–water partition coefficient (Wildman–Crippen LogP) is 6.41. The van der Waals surface area contributed by atoms with Crippen molar-refractivity contribution in [3.8, 4) is 33.8 Å². The van der Waals surface area contributed by atoms with Gasteiger partial charge in [-0.3, -0.25) is 19.6 Å². The number of methoxy groups -OCH3 is 2. The van der Waals surface area contributed by atoms with Crippen LogP contribution in [-0.2, 0) is 0 Å². The van der Waals surface area contributed by atoms with E-state index < -0.39 is 0 Å². The molecule has 2 N–H and O–H groups in total. The van der Waals surface area contributed by atoms with Crippen LogP contribution in [0.2, 0.25) is 0 Å². The minimum Gasteiger partial charge on any atom is -0.497 e. The third kappa shape index (κ3) is 6.40. The Hall–Kier alpha value is -5.98. The lowest BCUT2D eigenvalue weighted by Gasteiger charge is -2.21. The Kier molecular flexibility index (Phi) is 9.62. The van der Waals surface area contributed by atoms with Crippen LogP contribution in [0.25, 0.3) is 44.1 Å². The maximum absolute atomic E-state index is 13.8. The molecule has 0 saturated heterocycles. The Balaban J connectivity index is 0.878. The Labute approximate surface area is 319 Å². The molecule has 280 valence electrons. The van der Waals surface area contributed by atoms with Crippen molar-refractivity contribution in [1.29, 1.82) is 0 Å². The van der Waals surface area contributed by atoms with Crippen LogP contribution in [0.4, 0.5) is 11.6 Å². The van der Waals surface area contributed by atoms with Crippen molar-refractivity contribution < 1.29 is 19.1 Å². The van der Waals surface area contributed by atoms with Gasteiger partial charge in [0.25, 0.3) is 0 Å². The van der Waals surface area contributed by atoms with Gasteiger partial charge in [-0.2, -0.15) is 0 Å². The average molecular weight is 737 g/mol. The number of hydrogen-bond acceptors (Lipinski definition) is 12. The summed E-state index contributed by atoms with van der Waals surface area (Å²) in [6.07, 6.45) is 4.49. The molecule has 4 aromatic heterocycles. The molecule has 0 radical (unpaired) electrons. The van der Waals surface area contributed by atoms with Gasteiger partial charge in [-0.1, -0.05) is 0 Å². The number of anilines is 2. The van der Waals surface area contributed by atoms with E-state index in [9.17, 15) is 9.59 Å². The molecule has 0 aliphatic heterocycles. The number of benzene rings is 2. The zero-order chi connectivity index (χ0) is 38.4. The number of aryl methyl sites for hydroxylation is 2. The normalized spacial score (nSPS) is 12.7. The largest absolute Gasteiger partial charge is 0.497 e. The highest BCUT2D eigenvalue weighted by Crippen LogP contribution is 2.46. The van der Waals surface area contributed by atoms with E-state index in [0.717, 1.165) is 88.0 Å². The summed E-state index contributed by atoms with van der Waals surface area (Å²) in [6, 6.07) is 15.4. The molecule has 4 heterocycles. The topological polar surface area (TPSA) is 135 Å². The van der Waals surface area contributed by atoms with Crippen molar-refractivity contribution in [1.82, 2.24) is 29.7 Å². The summed E-state index contributed by atoms with van der Waals surface area (Å²) >= 11 is 0. The van der Waals surface area contributed by atoms with Gasteiger partial charge < -0.3 is 29.9 Å². The molecule has 8 rings (SSSR count). The molecule has 0 bridgehead atoms. The third-order valence-corrected chi connectivity index (χ3v) is 10.8. The highest BCUT2D eigenvalue weighted by atomic mass is 16.5. The quantitative estimate of drug-likeness (QED) is 0.128. The van der Waals surface area contributed by atoms with Crippen molar-refractivity contribution in [2.45, 2.75) is 20.3 Å². The summed E-state index contributed by atoms with van der Waals surface area (Å²) < 4.78 is 11.0. The highest BCUT2D eigenvalue weighted by Gasteiger charge is 2.35. The van der Waals surface area contributed by atoms with Gasteiger partial charge in [-0.15, -0.1) is 0 Å². The van der Waals surface area contributed by atoms with Crippen LogP contribution in [0.3, 0.4) is 0 Å². The van der Waals surface area contributed by atoms with E-state index in [1.165, 1.54) is 0 Å². The van der Waals surface area contributed by atoms with Crippen LogP contribution in [0.5, 0.6) is 11.5 Å². The molecule has 2 aliphatic carbocycles. The number of rotatable bonds is 14. The maximum Gasteiger partial charge on any atom is 0.199 e. The standard InChI is InChI=1S/C43H44N8O4/c1-24-34-30(12-14-44-24)36-28-10-8-26(54-5)22-32(28)48-42(38(36)40(34)52)46-16-20-50(3)18-7-19-51(4)21-17-47-43-39-37(29-11-9-27(55-6)23-33(29)49-43)31-13-15-45-25(2)35(31)41(39)53/h8-15,22-23H,7,16-21H2,1-6H3,(H,46,48)(H,47,49). The number of ether oxygens (including phenoxy) is 2. The zero-order valence-electron chi connectivity index (χ0n) is 32.0. The summed E-state index contributed by atoms with van der Waals surface area (Å²) in [4.78, 5) is 50.7. The monoisotopic (exact) mass is 736 g/mol. The first kappa shape index (κ1) is 36.0. The molecule has 0 fully saturated rings. The molecule has 2 aromatic carbocycles. The van der Waals surface area contributed by atoms with Gasteiger partial charge in [0.1, 0.15) is 23.1 Å². The highest BCUT2D eigenvalue weighted by molar-refractivity contribution is 6.29. The van der Waals surface area contributed by atoms with Crippen molar-refractivity contribution in [2.24, 2.45) is 0 Å². The Morgan fingerprint density at radius 3 is 1.44 bits per heavy atom. The van der Waals surface area contributed by atoms with Crippen molar-refractivity contribution in [2.75, 3.05) is 78.2 Å². The minimum atomic E-state index is -0.0423. The number of pyridine rings is 4. The summed E-state index contributed by atoms with van der Waals surface area (Å²) in [6.45, 7) is 8.35. The van der Waals surface area contributed by atoms with Crippen LogP contribution < -0.4 is 20.1 Å². The molecule has 12 nitrogen and oxygen atoms in total. The van der Waals surface area contributed by atoms with Gasteiger partial charge in [-0.05, 0) is 95.0 Å². The molecular weight excluding hydrogens is 693 g/mol. The second-order valence-electron chi connectivity index (χ2n) is 14.3. The van der Waals surface area contributed by atoms with Crippen LogP contribution in [-0.4, -0.2) is 109 Å². The van der Waals surface area contributed by atoms with Gasteiger partial charge in [-0.25, -0.2) is 9.97 Å². The summed E-state index contributed by atoms with van der Waals surface area (Å²) in [5, 5.41) is 8.81. The molecule has 55 heavy (non-hydrogen) atoms. The molecule has 0 saturated carbocycles. The SMILES string of the molecule is COc1ccc2c3c(c(NCCN(C)CCCN(C)CCNc4nc5cc(OC)ccc5c5c4C(=O)c4c-5ccnc4C)nc2c1)C(=O)c1c-3ccnc1C. The number of ketones is 2. The van der Waals surface area contributed by atoms with E-state index in [2.05, 4.69) is 44.5 Å². The molecule has 0 atom stereocenters. The van der Waals surface area contributed by atoms with E-state index in [-0.39, 0.29) is 11.6 Å². The van der Waals surface area contributed by atoms with Crippen LogP contribution in [0.1, 0.15) is 49.7 Å². The number of carbonyl (C=O) groups is 2. The van der Waals surface area contributed by atoms with Gasteiger partial charge in [0.15, 0.2) is 11.6 Å². The van der Waals surface area contributed by atoms with E-state index in [1.807, 2.05) is 62.4 Å². The Morgan fingerprint density at radius 1 is 0.582 bits per heavy atom. The van der Waals surface area contributed by atoms with Crippen LogP contribution in [0, 0.1) is 13.8 Å². The second-order valence-corrected chi connectivity index (χ2v) is 14.3. The fraction of sp³-hybridized carbons (Fsp3) is 0.302. The first-order valence-electron chi connectivity index (χ1n) is 18.6. The van der Waals surface area contributed by atoms with Crippen molar-refractivity contribution in [3.63, 3.8) is 0 Å². The van der Waals surface area contributed by atoms with E-state index in [1.54, 1.807) is 26.6 Å². The predicted molar refractivity (Wildman–Crippen MR) is 216 cm³/mol. The molecule has 12 heteroatoms. The smallest absolute Gasteiger partial charge is 0.199 e. The summed E-state index contributed by atoms with van der Waals surface area (Å²) in [7, 11) is 7.49. The third-order valence-electron chi connectivity index (χ3n) is 10.8. The number of nitrogens with zero attached hydrogens (tertiary/aromatic N) is 6. The first-order valence-corrected chi connectivity index (χ1v) is 18.6. The lowest BCUT2D eigenvalue weighted by atomic mass is 10.0. The number of nitrogens with one attached hydrogen (secondary N) is 2. The van der Waals surface area contributed by atoms with Gasteiger partial charge >= 0.3 is 0 Å². The van der Waals surface area contributed by atoms with Crippen molar-refractivity contribution in [3.05, 3.63) is 94.6 Å². The first-order chi connectivity index (χ1) is 26.7. The van der Waals surface area contributed by atoms with Crippen LogP contribution in [0.15, 0.2) is 60.9 Å². The second kappa shape index (κ2) is 14.7. The number of carbonyl (C=O) groups excluding carboxylic acids is 2. The summed E-state index contributed by atoms with van der Waals surface area (Å²) in [5.74, 6) is 2.51. The van der Waals surface area contributed by atoms with E-state index in [4.69, 9.17) is 19.4 Å². The molecule has 2 aliphatic rings. The number of fused-ring (bicyclic) bond motifs is 10. The van der Waals surface area contributed by atoms with Crippen LogP contribution >= 0.6 is 0 Å². The van der Waals surface area contributed by atoms with E-state index >= 15 is 0 Å². The fourth-order valence-electron chi connectivity index (χ4n) is 7.94. The van der Waals surface area contributed by atoms with Crippen molar-refractivity contribution >= 4 is 45.0 Å². The van der Waals surface area contributed by atoms with Gasteiger partial charge in [0.2, 0.25) is 0 Å². The fourth-order valence-corrected chi connectivity index (χ4v) is 7.94. The number of hydrogen-bond donors (Lipinski definition) is 2. The minimum absolute atomic E-state index is 0.0423. The Morgan fingerprint density at radius 2 is 1.02 bits per heavy atom. The number of likely N-dealkylation sites (N-methyl/N-ethyl adjacent to an activating group) is 2. The molecule has 0 unspecified atom stereocenters.